The highest BCUT2D eigenvalue weighted by Gasteiger charge is 2.45. The molecule has 0 saturated carbocycles. The summed E-state index contributed by atoms with van der Waals surface area (Å²) in [5.74, 6) is -1.52. The van der Waals surface area contributed by atoms with Gasteiger partial charge in [-0.25, -0.2) is 9.97 Å². The molecule has 54 heavy (non-hydrogen) atoms. The van der Waals surface area contributed by atoms with Gasteiger partial charge in [-0.05, 0) is 74.9 Å². The molecule has 0 aliphatic carbocycles. The third-order valence-corrected chi connectivity index (χ3v) is 11.7. The molecule has 18 heteroatoms. The molecule has 282 valence electrons. The van der Waals surface area contributed by atoms with E-state index in [1.807, 2.05) is 19.1 Å². The van der Waals surface area contributed by atoms with Crippen LogP contribution in [0.4, 0.5) is 22.3 Å². The molecule has 6 amide bonds. The number of piperidine rings is 2. The number of likely N-dealkylation sites (tertiary alicyclic amines) is 1. The number of nitrogens with one attached hydrogen (secondary N) is 3. The van der Waals surface area contributed by atoms with E-state index in [4.69, 9.17) is 10.7 Å². The molecule has 1 aromatic carbocycles. The molecule has 0 radical (unpaired) electrons. The second-order valence-corrected chi connectivity index (χ2v) is 15.5. The lowest BCUT2D eigenvalue weighted by Gasteiger charge is -2.42. The number of rotatable bonds is 10. The van der Waals surface area contributed by atoms with Gasteiger partial charge >= 0.3 is 0 Å². The van der Waals surface area contributed by atoms with E-state index < -0.39 is 35.6 Å². The number of fused-ring (bicyclic) bond motifs is 1. The molecule has 5 aliphatic rings. The third kappa shape index (κ3) is 6.98. The number of hydrogen-bond acceptors (Lipinski definition) is 14. The van der Waals surface area contributed by atoms with E-state index in [-0.39, 0.29) is 53.3 Å². The molecule has 17 nitrogen and oxygen atoms in total. The molecule has 3 unspecified atom stereocenters. The van der Waals surface area contributed by atoms with Crippen molar-refractivity contribution in [3.63, 3.8) is 0 Å². The Labute approximate surface area is 314 Å². The fourth-order valence-electron chi connectivity index (χ4n) is 8.09. The van der Waals surface area contributed by atoms with Crippen molar-refractivity contribution in [1.29, 1.82) is 0 Å². The summed E-state index contributed by atoms with van der Waals surface area (Å²) in [5, 5.41) is 9.36. The Morgan fingerprint density at radius 3 is 2.56 bits per heavy atom. The zero-order chi connectivity index (χ0) is 37.7. The maximum absolute atomic E-state index is 13.4. The van der Waals surface area contributed by atoms with E-state index in [2.05, 4.69) is 40.0 Å². The molecule has 3 atom stereocenters. The first-order valence-corrected chi connectivity index (χ1v) is 19.0. The maximum Gasteiger partial charge on any atom is 0.271 e. The smallest absolute Gasteiger partial charge is 0.271 e. The predicted octanol–water partition coefficient (Wildman–Crippen LogP) is 1.03. The number of carbonyl (C=O) groups is 6. The lowest BCUT2D eigenvalue weighted by atomic mass is 9.97. The molecule has 2 aromatic heterocycles. The van der Waals surface area contributed by atoms with Crippen LogP contribution in [0.25, 0.3) is 0 Å². The molecule has 4 fully saturated rings. The predicted molar refractivity (Wildman–Crippen MR) is 197 cm³/mol. The number of nitrogens with zero attached hydrogens (tertiary/aromatic N) is 7. The third-order valence-electron chi connectivity index (χ3n) is 10.9. The van der Waals surface area contributed by atoms with Crippen molar-refractivity contribution in [2.24, 2.45) is 17.6 Å². The summed E-state index contributed by atoms with van der Waals surface area (Å²) in [5.41, 5.74) is 7.85. The molecule has 5 N–H and O–H groups in total. The standard InChI is InChI=1S/C36H41N11O6S/c1-19-11-29(54-43-19)42-32-30(31(37)49)38-13-27(40-32)45-9-2-3-22(18-45)39-33(50)21-8-10-44(17-21)14-20-15-46(16-20)23-4-5-24-25(12-23)36(53)47(35(24)52)26-6-7-28(48)41-34(26)51/h4-5,11-13,20-22,26H,2-3,6-10,14-18H2,1H3,(H2,37,49)(H,39,50)(H,40,42)(H,41,48,51). The molecule has 0 spiro atoms. The summed E-state index contributed by atoms with van der Waals surface area (Å²) >= 11 is 1.25. The number of anilines is 4. The van der Waals surface area contributed by atoms with Crippen molar-refractivity contribution in [1.82, 2.24) is 34.8 Å². The molecule has 3 aromatic rings. The summed E-state index contributed by atoms with van der Waals surface area (Å²) in [6.45, 7) is 7.16. The fraction of sp³-hybridized carbons (Fsp3) is 0.472. The molecule has 8 rings (SSSR count). The van der Waals surface area contributed by atoms with Gasteiger partial charge in [0.15, 0.2) is 11.5 Å². The molecule has 0 bridgehead atoms. The van der Waals surface area contributed by atoms with Gasteiger partial charge in [0.25, 0.3) is 17.7 Å². The van der Waals surface area contributed by atoms with Crippen LogP contribution in [0.5, 0.6) is 0 Å². The van der Waals surface area contributed by atoms with Gasteiger partial charge in [0.05, 0.1) is 28.9 Å². The average molecular weight is 756 g/mol. The van der Waals surface area contributed by atoms with Crippen LogP contribution < -0.4 is 31.5 Å². The SMILES string of the molecule is Cc1cc(Nc2nc(N3CCCC(NC(=O)C4CCN(CC5CN(c6ccc7c(c6)C(=O)N(C6CCC(=O)NC6=O)C7=O)C5)C4)C3)cnc2C(N)=O)sn1. The summed E-state index contributed by atoms with van der Waals surface area (Å²) in [6.07, 6.45) is 4.25. The first kappa shape index (κ1) is 35.5. The number of primary amides is 1. The number of aryl methyl sites for hydroxylation is 1. The maximum atomic E-state index is 13.4. The molecule has 7 heterocycles. The Morgan fingerprint density at radius 2 is 1.80 bits per heavy atom. The van der Waals surface area contributed by atoms with Crippen molar-refractivity contribution in [2.75, 3.05) is 60.9 Å². The Kier molecular flexibility index (Phi) is 9.47. The minimum Gasteiger partial charge on any atom is -0.371 e. The highest BCUT2D eigenvalue weighted by atomic mass is 32.1. The number of carbonyl (C=O) groups excluding carboxylic acids is 6. The van der Waals surface area contributed by atoms with Gasteiger partial charge in [-0.3, -0.25) is 39.0 Å². The quantitative estimate of drug-likeness (QED) is 0.213. The van der Waals surface area contributed by atoms with E-state index >= 15 is 0 Å². The van der Waals surface area contributed by atoms with Gasteiger partial charge in [0.1, 0.15) is 16.9 Å². The van der Waals surface area contributed by atoms with Crippen molar-refractivity contribution < 1.29 is 28.8 Å². The van der Waals surface area contributed by atoms with E-state index in [9.17, 15) is 28.8 Å². The van der Waals surface area contributed by atoms with Gasteiger partial charge in [0.2, 0.25) is 17.7 Å². The van der Waals surface area contributed by atoms with Crippen LogP contribution in [-0.2, 0) is 14.4 Å². The van der Waals surface area contributed by atoms with Crippen LogP contribution in [0.2, 0.25) is 0 Å². The van der Waals surface area contributed by atoms with Crippen molar-refractivity contribution in [2.45, 2.75) is 51.1 Å². The van der Waals surface area contributed by atoms with E-state index in [0.717, 1.165) is 73.3 Å². The van der Waals surface area contributed by atoms with Gasteiger partial charge in [-0.1, -0.05) is 0 Å². The molecule has 4 saturated heterocycles. The number of imide groups is 2. The van der Waals surface area contributed by atoms with Gasteiger partial charge in [0, 0.05) is 63.3 Å². The van der Waals surface area contributed by atoms with Crippen LogP contribution >= 0.6 is 11.5 Å². The zero-order valence-corrected chi connectivity index (χ0v) is 30.6. The summed E-state index contributed by atoms with van der Waals surface area (Å²) in [6, 6.07) is 6.01. The normalized spacial score (nSPS) is 23.4. The second-order valence-electron chi connectivity index (χ2n) is 14.7. The second kappa shape index (κ2) is 14.4. The van der Waals surface area contributed by atoms with Crippen LogP contribution in [0.15, 0.2) is 30.5 Å². The Balaban J connectivity index is 0.814. The van der Waals surface area contributed by atoms with Crippen LogP contribution in [-0.4, -0.2) is 117 Å². The summed E-state index contributed by atoms with van der Waals surface area (Å²) in [4.78, 5) is 92.4. The summed E-state index contributed by atoms with van der Waals surface area (Å²) in [7, 11) is 0. The van der Waals surface area contributed by atoms with Crippen LogP contribution in [0.1, 0.15) is 69.0 Å². The Bertz CT molecular complexity index is 2050. The number of benzene rings is 1. The molecule has 5 aliphatic heterocycles. The topological polar surface area (TPSA) is 216 Å². The number of amides is 6. The monoisotopic (exact) mass is 755 g/mol. The minimum atomic E-state index is -0.991. The molecular formula is C36H41N11O6S. The largest absolute Gasteiger partial charge is 0.371 e. The van der Waals surface area contributed by atoms with Gasteiger partial charge in [-0.15, -0.1) is 0 Å². The summed E-state index contributed by atoms with van der Waals surface area (Å²) < 4.78 is 4.26. The van der Waals surface area contributed by atoms with E-state index in [1.54, 1.807) is 18.3 Å². The lowest BCUT2D eigenvalue weighted by Crippen LogP contribution is -2.54. The molecular weight excluding hydrogens is 715 g/mol. The highest BCUT2D eigenvalue weighted by molar-refractivity contribution is 7.10. The average Bonchev–Trinajstić information content (AvgIpc) is 3.84. The van der Waals surface area contributed by atoms with E-state index in [1.165, 1.54) is 11.5 Å². The minimum absolute atomic E-state index is 0.0459. The fourth-order valence-corrected chi connectivity index (χ4v) is 8.75. The first-order chi connectivity index (χ1) is 26.0. The number of aromatic nitrogens is 3. The van der Waals surface area contributed by atoms with Crippen LogP contribution in [0, 0.1) is 18.8 Å². The number of hydrogen-bond donors (Lipinski definition) is 4. The first-order valence-electron chi connectivity index (χ1n) is 18.3. The zero-order valence-electron chi connectivity index (χ0n) is 29.7. The van der Waals surface area contributed by atoms with Gasteiger partial charge in [-0.2, -0.15) is 4.37 Å². The van der Waals surface area contributed by atoms with Gasteiger partial charge < -0.3 is 31.1 Å². The van der Waals surface area contributed by atoms with Crippen molar-refractivity contribution in [3.05, 3.63) is 53.0 Å². The van der Waals surface area contributed by atoms with Crippen LogP contribution in [0.3, 0.4) is 0 Å². The number of nitrogens with two attached hydrogens (primary N) is 1. The van der Waals surface area contributed by atoms with Crippen molar-refractivity contribution >= 4 is 69.3 Å². The van der Waals surface area contributed by atoms with E-state index in [0.29, 0.717) is 24.8 Å². The Hall–Kier alpha value is -5.49. The highest BCUT2D eigenvalue weighted by Crippen LogP contribution is 2.34. The van der Waals surface area contributed by atoms with Crippen molar-refractivity contribution in [3.8, 4) is 0 Å². The lowest BCUT2D eigenvalue weighted by molar-refractivity contribution is -0.136. The Morgan fingerprint density at radius 1 is 0.981 bits per heavy atom.